The van der Waals surface area contributed by atoms with Gasteiger partial charge < -0.3 is 0 Å². The Bertz CT molecular complexity index is 476. The van der Waals surface area contributed by atoms with E-state index in [0.29, 0.717) is 12.2 Å². The number of rotatable bonds is 4. The van der Waals surface area contributed by atoms with Gasteiger partial charge in [-0.15, -0.1) is 17.0 Å². The van der Waals surface area contributed by atoms with Gasteiger partial charge in [0.05, 0.1) is 0 Å². The SMILES string of the molecule is Br.O=C(NNCc1ccccc1)c1ccccn1. The fourth-order valence-corrected chi connectivity index (χ4v) is 1.38. The first-order chi connectivity index (χ1) is 8.36. The minimum atomic E-state index is -0.235. The number of halogens is 1. The minimum Gasteiger partial charge on any atom is -0.286 e. The monoisotopic (exact) mass is 307 g/mol. The highest BCUT2D eigenvalue weighted by molar-refractivity contribution is 8.93. The Labute approximate surface area is 116 Å². The van der Waals surface area contributed by atoms with Crippen molar-refractivity contribution in [3.8, 4) is 0 Å². The lowest BCUT2D eigenvalue weighted by Crippen LogP contribution is -2.37. The Balaban J connectivity index is 0.00000162. The summed E-state index contributed by atoms with van der Waals surface area (Å²) >= 11 is 0. The lowest BCUT2D eigenvalue weighted by Gasteiger charge is -2.06. The van der Waals surface area contributed by atoms with E-state index in [1.165, 1.54) is 0 Å². The van der Waals surface area contributed by atoms with E-state index >= 15 is 0 Å². The van der Waals surface area contributed by atoms with Crippen LogP contribution in [0.5, 0.6) is 0 Å². The van der Waals surface area contributed by atoms with Crippen LogP contribution in [0.4, 0.5) is 0 Å². The molecule has 0 radical (unpaired) electrons. The van der Waals surface area contributed by atoms with Gasteiger partial charge in [-0.25, -0.2) is 5.43 Å². The van der Waals surface area contributed by atoms with Crippen LogP contribution >= 0.6 is 17.0 Å². The molecule has 1 amide bonds. The Morgan fingerprint density at radius 3 is 2.44 bits per heavy atom. The third-order valence-corrected chi connectivity index (χ3v) is 2.23. The first-order valence-electron chi connectivity index (χ1n) is 5.34. The highest BCUT2D eigenvalue weighted by Gasteiger charge is 2.04. The highest BCUT2D eigenvalue weighted by Crippen LogP contribution is 1.96. The fraction of sp³-hybridized carbons (Fsp3) is 0.0769. The third-order valence-electron chi connectivity index (χ3n) is 2.23. The maximum atomic E-state index is 11.6. The first-order valence-corrected chi connectivity index (χ1v) is 5.34. The number of benzene rings is 1. The van der Waals surface area contributed by atoms with Crippen LogP contribution in [0, 0.1) is 0 Å². The van der Waals surface area contributed by atoms with Crippen LogP contribution in [-0.4, -0.2) is 10.9 Å². The predicted molar refractivity (Wildman–Crippen MR) is 75.3 cm³/mol. The average molecular weight is 308 g/mol. The van der Waals surface area contributed by atoms with E-state index in [1.54, 1.807) is 24.4 Å². The summed E-state index contributed by atoms with van der Waals surface area (Å²) in [6, 6.07) is 15.1. The zero-order valence-electron chi connectivity index (χ0n) is 9.67. The zero-order valence-corrected chi connectivity index (χ0v) is 11.4. The molecule has 5 heteroatoms. The summed E-state index contributed by atoms with van der Waals surface area (Å²) in [6.07, 6.45) is 1.59. The van der Waals surface area contributed by atoms with Gasteiger partial charge in [-0.1, -0.05) is 36.4 Å². The summed E-state index contributed by atoms with van der Waals surface area (Å²) in [4.78, 5) is 15.6. The summed E-state index contributed by atoms with van der Waals surface area (Å²) in [7, 11) is 0. The molecule has 0 aliphatic rings. The van der Waals surface area contributed by atoms with Gasteiger partial charge in [0.2, 0.25) is 0 Å². The van der Waals surface area contributed by atoms with Gasteiger partial charge in [0.1, 0.15) is 5.69 Å². The molecule has 2 N–H and O–H groups in total. The number of aromatic nitrogens is 1. The molecule has 2 aromatic rings. The molecule has 94 valence electrons. The van der Waals surface area contributed by atoms with Gasteiger partial charge >= 0.3 is 0 Å². The number of hydrogen-bond donors (Lipinski definition) is 2. The maximum Gasteiger partial charge on any atom is 0.283 e. The molecule has 1 aromatic carbocycles. The largest absolute Gasteiger partial charge is 0.286 e. The lowest BCUT2D eigenvalue weighted by molar-refractivity contribution is 0.0927. The molecule has 0 atom stereocenters. The van der Waals surface area contributed by atoms with E-state index in [4.69, 9.17) is 0 Å². The number of hydrazine groups is 1. The van der Waals surface area contributed by atoms with Crippen molar-refractivity contribution in [1.82, 2.24) is 15.8 Å². The van der Waals surface area contributed by atoms with Crippen molar-refractivity contribution in [2.24, 2.45) is 0 Å². The Morgan fingerprint density at radius 2 is 1.78 bits per heavy atom. The molecule has 1 heterocycles. The van der Waals surface area contributed by atoms with E-state index in [-0.39, 0.29) is 22.9 Å². The van der Waals surface area contributed by atoms with Crippen LogP contribution in [0.25, 0.3) is 0 Å². The number of pyridine rings is 1. The first kappa shape index (κ1) is 14.3. The van der Waals surface area contributed by atoms with Gasteiger partial charge in [0, 0.05) is 12.7 Å². The van der Waals surface area contributed by atoms with Crippen LogP contribution in [0.15, 0.2) is 54.7 Å². The van der Waals surface area contributed by atoms with Crippen LogP contribution in [0.2, 0.25) is 0 Å². The van der Waals surface area contributed by atoms with E-state index in [2.05, 4.69) is 15.8 Å². The second-order valence-corrected chi connectivity index (χ2v) is 3.51. The fourth-order valence-electron chi connectivity index (χ4n) is 1.38. The third kappa shape index (κ3) is 4.27. The number of carbonyl (C=O) groups excluding carboxylic acids is 1. The van der Waals surface area contributed by atoms with Gasteiger partial charge in [-0.2, -0.15) is 0 Å². The van der Waals surface area contributed by atoms with Crippen molar-refractivity contribution >= 4 is 22.9 Å². The Hall–Kier alpha value is -1.72. The number of amides is 1. The second kappa shape index (κ2) is 7.58. The summed E-state index contributed by atoms with van der Waals surface area (Å²) < 4.78 is 0. The number of carbonyl (C=O) groups is 1. The van der Waals surface area contributed by atoms with Gasteiger partial charge in [0.25, 0.3) is 5.91 Å². The van der Waals surface area contributed by atoms with E-state index < -0.39 is 0 Å². The van der Waals surface area contributed by atoms with E-state index in [1.807, 2.05) is 30.3 Å². The van der Waals surface area contributed by atoms with Crippen molar-refractivity contribution in [1.29, 1.82) is 0 Å². The molecule has 1 aromatic heterocycles. The van der Waals surface area contributed by atoms with Crippen LogP contribution in [-0.2, 0) is 6.54 Å². The molecule has 0 fully saturated rings. The topological polar surface area (TPSA) is 54.0 Å². The Morgan fingerprint density at radius 1 is 1.06 bits per heavy atom. The van der Waals surface area contributed by atoms with Crippen LogP contribution in [0.3, 0.4) is 0 Å². The summed E-state index contributed by atoms with van der Waals surface area (Å²) in [5.41, 5.74) is 6.96. The second-order valence-electron chi connectivity index (χ2n) is 3.51. The molecule has 0 saturated heterocycles. The average Bonchev–Trinajstić information content (AvgIpc) is 2.41. The van der Waals surface area contributed by atoms with Crippen LogP contribution < -0.4 is 10.9 Å². The van der Waals surface area contributed by atoms with Gasteiger partial charge in [0.15, 0.2) is 0 Å². The molecular formula is C13H14BrN3O. The molecule has 0 bridgehead atoms. The molecule has 0 aliphatic heterocycles. The van der Waals surface area contributed by atoms with Crippen molar-refractivity contribution in [2.75, 3.05) is 0 Å². The molecule has 4 nitrogen and oxygen atoms in total. The molecule has 0 unspecified atom stereocenters. The smallest absolute Gasteiger partial charge is 0.283 e. The lowest BCUT2D eigenvalue weighted by atomic mass is 10.2. The normalized spacial score (nSPS) is 9.33. The van der Waals surface area contributed by atoms with Gasteiger partial charge in [-0.3, -0.25) is 15.2 Å². The zero-order chi connectivity index (χ0) is 11.9. The molecule has 0 spiro atoms. The molecule has 0 saturated carbocycles. The predicted octanol–water partition coefficient (Wildman–Crippen LogP) is 2.09. The number of nitrogens with one attached hydrogen (secondary N) is 2. The van der Waals surface area contributed by atoms with Crippen LogP contribution in [0.1, 0.15) is 16.1 Å². The summed E-state index contributed by atoms with van der Waals surface area (Å²) in [5.74, 6) is -0.235. The maximum absolute atomic E-state index is 11.6. The molecule has 18 heavy (non-hydrogen) atoms. The standard InChI is InChI=1S/C13H13N3O.BrH/c17-13(12-8-4-5-9-14-12)16-15-10-11-6-2-1-3-7-11;/h1-9,15H,10H2,(H,16,17);1H. The highest BCUT2D eigenvalue weighted by atomic mass is 79.9. The number of nitrogens with zero attached hydrogens (tertiary/aromatic N) is 1. The quantitative estimate of drug-likeness (QED) is 0.851. The van der Waals surface area contributed by atoms with Gasteiger partial charge in [-0.05, 0) is 17.7 Å². The van der Waals surface area contributed by atoms with Crippen molar-refractivity contribution < 1.29 is 4.79 Å². The number of hydrogen-bond acceptors (Lipinski definition) is 3. The van der Waals surface area contributed by atoms with Crippen molar-refractivity contribution in [3.05, 3.63) is 66.0 Å². The van der Waals surface area contributed by atoms with E-state index in [9.17, 15) is 4.79 Å². The minimum absolute atomic E-state index is 0. The molecule has 0 aliphatic carbocycles. The molecular weight excluding hydrogens is 294 g/mol. The molecule has 2 rings (SSSR count). The van der Waals surface area contributed by atoms with Crippen molar-refractivity contribution in [3.63, 3.8) is 0 Å². The van der Waals surface area contributed by atoms with Crippen molar-refractivity contribution in [2.45, 2.75) is 6.54 Å². The summed E-state index contributed by atoms with van der Waals surface area (Å²) in [5, 5.41) is 0. The van der Waals surface area contributed by atoms with E-state index in [0.717, 1.165) is 5.56 Å². The summed E-state index contributed by atoms with van der Waals surface area (Å²) in [6.45, 7) is 0.583. The Kier molecular flexibility index (Phi) is 6.04.